The molecule has 1 unspecified atom stereocenters. The summed E-state index contributed by atoms with van der Waals surface area (Å²) in [6.45, 7) is 8.27. The van der Waals surface area contributed by atoms with Gasteiger partial charge < -0.3 is 10.2 Å². The minimum absolute atomic E-state index is 0.0398. The van der Waals surface area contributed by atoms with Gasteiger partial charge in [-0.25, -0.2) is 10.0 Å². The summed E-state index contributed by atoms with van der Waals surface area (Å²) in [5.74, 6) is -0.272. The van der Waals surface area contributed by atoms with E-state index in [1.807, 2.05) is 30.3 Å². The number of benzene rings is 1. The van der Waals surface area contributed by atoms with E-state index in [4.69, 9.17) is 4.84 Å². The molecule has 35 heavy (non-hydrogen) atoms. The lowest BCUT2D eigenvalue weighted by Gasteiger charge is -2.26. The molecule has 1 fully saturated rings. The molecule has 4 rings (SSSR count). The van der Waals surface area contributed by atoms with Crippen LogP contribution >= 0.6 is 0 Å². The van der Waals surface area contributed by atoms with Gasteiger partial charge in [0.15, 0.2) is 5.82 Å². The number of hydroxylamine groups is 1. The molecule has 1 atom stereocenters. The molecule has 3 heterocycles. The molecule has 0 saturated carbocycles. The lowest BCUT2D eigenvalue weighted by Crippen LogP contribution is -2.26. The SMILES string of the molecule is CCN(CC)CCCn1cc(Nc2ncc(C(F)(F)F)c(N3OCCC3c3ccccc3)n2)cn1. The molecule has 0 bridgehead atoms. The van der Waals surface area contributed by atoms with Crippen molar-refractivity contribution in [2.75, 3.05) is 36.6 Å². The van der Waals surface area contributed by atoms with Gasteiger partial charge in [0.25, 0.3) is 0 Å². The smallest absolute Gasteiger partial charge is 0.321 e. The molecule has 2 aromatic heterocycles. The third-order valence-corrected chi connectivity index (χ3v) is 6.02. The molecule has 11 heteroatoms. The third-order valence-electron chi connectivity index (χ3n) is 6.02. The summed E-state index contributed by atoms with van der Waals surface area (Å²) in [5.41, 5.74) is 0.510. The van der Waals surface area contributed by atoms with Crippen molar-refractivity contribution in [3.63, 3.8) is 0 Å². The minimum Gasteiger partial charge on any atom is -0.321 e. The van der Waals surface area contributed by atoms with Crippen molar-refractivity contribution < 1.29 is 18.0 Å². The zero-order chi connectivity index (χ0) is 24.8. The Morgan fingerprint density at radius 1 is 1.14 bits per heavy atom. The van der Waals surface area contributed by atoms with E-state index >= 15 is 0 Å². The van der Waals surface area contributed by atoms with Crippen LogP contribution in [0.2, 0.25) is 0 Å². The number of aryl methyl sites for hydroxylation is 1. The van der Waals surface area contributed by atoms with Crippen LogP contribution in [0.3, 0.4) is 0 Å². The molecule has 0 aliphatic carbocycles. The molecule has 188 valence electrons. The zero-order valence-electron chi connectivity index (χ0n) is 19.9. The number of anilines is 3. The monoisotopic (exact) mass is 489 g/mol. The predicted octanol–water partition coefficient (Wildman–Crippen LogP) is 5.05. The Kier molecular flexibility index (Phi) is 7.86. The molecule has 1 aliphatic heterocycles. The fourth-order valence-corrected chi connectivity index (χ4v) is 4.13. The number of aromatic nitrogens is 4. The van der Waals surface area contributed by atoms with Crippen LogP contribution in [0.15, 0.2) is 48.9 Å². The number of rotatable bonds is 10. The summed E-state index contributed by atoms with van der Waals surface area (Å²) in [6, 6.07) is 8.92. The van der Waals surface area contributed by atoms with E-state index in [1.165, 1.54) is 5.06 Å². The first-order chi connectivity index (χ1) is 16.9. The Balaban J connectivity index is 1.52. The highest BCUT2D eigenvalue weighted by Crippen LogP contribution is 2.41. The number of alkyl halides is 3. The zero-order valence-corrected chi connectivity index (χ0v) is 19.9. The summed E-state index contributed by atoms with van der Waals surface area (Å²) >= 11 is 0. The second-order valence-corrected chi connectivity index (χ2v) is 8.30. The van der Waals surface area contributed by atoms with Crippen LogP contribution in [0, 0.1) is 0 Å². The lowest BCUT2D eigenvalue weighted by atomic mass is 10.0. The van der Waals surface area contributed by atoms with Crippen LogP contribution in [-0.4, -0.2) is 50.9 Å². The summed E-state index contributed by atoms with van der Waals surface area (Å²) < 4.78 is 43.3. The summed E-state index contributed by atoms with van der Waals surface area (Å²) in [6.07, 6.45) is 1.06. The molecular weight excluding hydrogens is 459 g/mol. The van der Waals surface area contributed by atoms with E-state index in [1.54, 1.807) is 17.1 Å². The Hall–Kier alpha value is -3.18. The number of halogens is 3. The van der Waals surface area contributed by atoms with Gasteiger partial charge in [0.1, 0.15) is 5.56 Å². The quantitative estimate of drug-likeness (QED) is 0.427. The average molecular weight is 490 g/mol. The van der Waals surface area contributed by atoms with Gasteiger partial charge in [-0.1, -0.05) is 44.2 Å². The van der Waals surface area contributed by atoms with E-state index in [0.717, 1.165) is 44.4 Å². The van der Waals surface area contributed by atoms with Crippen LogP contribution in [0.5, 0.6) is 0 Å². The van der Waals surface area contributed by atoms with Crippen molar-refractivity contribution in [1.82, 2.24) is 24.6 Å². The van der Waals surface area contributed by atoms with E-state index in [9.17, 15) is 13.2 Å². The Labute approximate surface area is 202 Å². The molecule has 1 aliphatic rings. The van der Waals surface area contributed by atoms with Crippen LogP contribution in [0.4, 0.5) is 30.6 Å². The molecule has 1 saturated heterocycles. The van der Waals surface area contributed by atoms with Crippen LogP contribution in [0.1, 0.15) is 43.9 Å². The average Bonchev–Trinajstić information content (AvgIpc) is 3.51. The van der Waals surface area contributed by atoms with Gasteiger partial charge in [0.05, 0.1) is 24.5 Å². The summed E-state index contributed by atoms with van der Waals surface area (Å²) in [7, 11) is 0. The van der Waals surface area contributed by atoms with E-state index in [0.29, 0.717) is 18.7 Å². The Bertz CT molecular complexity index is 1090. The highest BCUT2D eigenvalue weighted by atomic mass is 19.4. The first-order valence-electron chi connectivity index (χ1n) is 11.8. The van der Waals surface area contributed by atoms with Crippen molar-refractivity contribution in [1.29, 1.82) is 0 Å². The van der Waals surface area contributed by atoms with Crippen molar-refractivity contribution in [2.45, 2.75) is 45.5 Å². The largest absolute Gasteiger partial charge is 0.421 e. The molecule has 0 radical (unpaired) electrons. The van der Waals surface area contributed by atoms with Crippen LogP contribution in [-0.2, 0) is 17.6 Å². The molecule has 8 nitrogen and oxygen atoms in total. The molecule has 1 aromatic carbocycles. The third kappa shape index (κ3) is 6.09. The van der Waals surface area contributed by atoms with Crippen LogP contribution < -0.4 is 10.4 Å². The second kappa shape index (κ2) is 11.0. The fraction of sp³-hybridized carbons (Fsp3) is 0.458. The summed E-state index contributed by atoms with van der Waals surface area (Å²) in [5, 5.41) is 8.56. The maximum absolute atomic E-state index is 13.8. The standard InChI is InChI=1S/C24H30F3N7O/c1-3-32(4-2)12-8-13-33-17-19(15-29-33)30-23-28-16-20(24(25,26)27)22(31-23)34-21(11-14-35-34)18-9-6-5-7-10-18/h5-7,9-10,15-17,21H,3-4,8,11-14H2,1-2H3,(H,28,30,31). The molecule has 3 aromatic rings. The Morgan fingerprint density at radius 2 is 1.91 bits per heavy atom. The van der Waals surface area contributed by atoms with Crippen molar-refractivity contribution >= 4 is 17.5 Å². The molecule has 0 amide bonds. The first-order valence-corrected chi connectivity index (χ1v) is 11.8. The Morgan fingerprint density at radius 3 is 2.63 bits per heavy atom. The maximum Gasteiger partial charge on any atom is 0.421 e. The van der Waals surface area contributed by atoms with E-state index in [-0.39, 0.29) is 17.8 Å². The topological polar surface area (TPSA) is 71.3 Å². The minimum atomic E-state index is -4.63. The number of nitrogens with zero attached hydrogens (tertiary/aromatic N) is 6. The number of hydrogen-bond donors (Lipinski definition) is 1. The summed E-state index contributed by atoms with van der Waals surface area (Å²) in [4.78, 5) is 16.1. The normalized spacial score (nSPS) is 16.3. The van der Waals surface area contributed by atoms with Crippen molar-refractivity contribution in [3.8, 4) is 0 Å². The number of hydrogen-bond acceptors (Lipinski definition) is 7. The fourth-order valence-electron chi connectivity index (χ4n) is 4.13. The highest BCUT2D eigenvalue weighted by molar-refractivity contribution is 5.56. The first kappa shape index (κ1) is 24.9. The van der Waals surface area contributed by atoms with Gasteiger partial charge in [-0.2, -0.15) is 23.3 Å². The van der Waals surface area contributed by atoms with Crippen molar-refractivity contribution in [2.24, 2.45) is 0 Å². The van der Waals surface area contributed by atoms with Gasteiger partial charge in [0.2, 0.25) is 5.95 Å². The van der Waals surface area contributed by atoms with E-state index < -0.39 is 11.7 Å². The molecular formula is C24H30F3N7O. The van der Waals surface area contributed by atoms with Gasteiger partial charge in [-0.05, 0) is 31.6 Å². The van der Waals surface area contributed by atoms with Crippen molar-refractivity contribution in [3.05, 3.63) is 60.0 Å². The van der Waals surface area contributed by atoms with E-state index in [2.05, 4.69) is 39.1 Å². The van der Waals surface area contributed by atoms with Gasteiger partial charge in [0, 0.05) is 25.4 Å². The predicted molar refractivity (Wildman–Crippen MR) is 127 cm³/mol. The van der Waals surface area contributed by atoms with Gasteiger partial charge in [-0.15, -0.1) is 0 Å². The van der Waals surface area contributed by atoms with Crippen LogP contribution in [0.25, 0.3) is 0 Å². The maximum atomic E-state index is 13.8. The van der Waals surface area contributed by atoms with Gasteiger partial charge >= 0.3 is 6.18 Å². The second-order valence-electron chi connectivity index (χ2n) is 8.30. The number of nitrogens with one attached hydrogen (secondary N) is 1. The lowest BCUT2D eigenvalue weighted by molar-refractivity contribution is -0.138. The molecule has 0 spiro atoms. The highest BCUT2D eigenvalue weighted by Gasteiger charge is 2.40. The van der Waals surface area contributed by atoms with Gasteiger partial charge in [-0.3, -0.25) is 9.52 Å². The molecule has 1 N–H and O–H groups in total.